The van der Waals surface area contributed by atoms with Crippen molar-refractivity contribution in [3.8, 4) is 11.8 Å². The van der Waals surface area contributed by atoms with Crippen LogP contribution in [-0.4, -0.2) is 21.5 Å². The van der Waals surface area contributed by atoms with Gasteiger partial charge in [0, 0.05) is 24.4 Å². The predicted octanol–water partition coefficient (Wildman–Crippen LogP) is 1.31. The van der Waals surface area contributed by atoms with E-state index in [-0.39, 0.29) is 6.61 Å². The highest BCUT2D eigenvalue weighted by molar-refractivity contribution is 5.80. The molecule has 15 heavy (non-hydrogen) atoms. The molecule has 0 saturated carbocycles. The second-order valence-corrected chi connectivity index (χ2v) is 3.32. The summed E-state index contributed by atoms with van der Waals surface area (Å²) in [7, 11) is 1.91. The summed E-state index contributed by atoms with van der Waals surface area (Å²) in [6, 6.07) is 5.98. The molecule has 0 aliphatic rings. The number of aliphatic hydroxyl groups excluding tert-OH is 1. The van der Waals surface area contributed by atoms with Gasteiger partial charge in [-0.1, -0.05) is 11.8 Å². The first kappa shape index (κ1) is 9.75. The molecule has 0 saturated heterocycles. The van der Waals surface area contributed by atoms with Gasteiger partial charge in [-0.15, -0.1) is 0 Å². The minimum atomic E-state index is 0.112. The molecule has 2 aromatic rings. The Morgan fingerprint density at radius 1 is 1.47 bits per heavy atom. The summed E-state index contributed by atoms with van der Waals surface area (Å²) in [5.41, 5.74) is 2.03. The molecule has 0 atom stereocenters. The Hall–Kier alpha value is -1.79. The van der Waals surface area contributed by atoms with Gasteiger partial charge in [0.2, 0.25) is 0 Å². The predicted molar refractivity (Wildman–Crippen MR) is 59.3 cm³/mol. The van der Waals surface area contributed by atoms with E-state index in [4.69, 9.17) is 5.11 Å². The van der Waals surface area contributed by atoms with Gasteiger partial charge in [0.25, 0.3) is 0 Å². The molecule has 0 bridgehead atoms. The van der Waals surface area contributed by atoms with Crippen LogP contribution in [-0.2, 0) is 7.05 Å². The standard InChI is InChI=1S/C12H12N2O/c1-14-12-8-10(4-2-3-7-15)5-6-11(12)9-13-14/h5-6,8-9,15H,3,7H2,1H3. The van der Waals surface area contributed by atoms with E-state index in [1.165, 1.54) is 0 Å². The van der Waals surface area contributed by atoms with Crippen LogP contribution in [0.1, 0.15) is 12.0 Å². The normalized spacial score (nSPS) is 10.0. The summed E-state index contributed by atoms with van der Waals surface area (Å²) in [5, 5.41) is 13.9. The first-order valence-electron chi connectivity index (χ1n) is 4.83. The SMILES string of the molecule is Cn1ncc2ccc(C#CCCO)cc21. The van der Waals surface area contributed by atoms with Crippen molar-refractivity contribution < 1.29 is 5.11 Å². The number of benzene rings is 1. The number of aromatic nitrogens is 2. The average Bonchev–Trinajstić information content (AvgIpc) is 2.61. The number of rotatable bonds is 1. The van der Waals surface area contributed by atoms with Crippen molar-refractivity contribution in [3.05, 3.63) is 30.0 Å². The molecule has 1 aromatic carbocycles. The van der Waals surface area contributed by atoms with Gasteiger partial charge in [0.05, 0.1) is 18.3 Å². The Labute approximate surface area is 88.3 Å². The van der Waals surface area contributed by atoms with Gasteiger partial charge < -0.3 is 5.11 Å². The van der Waals surface area contributed by atoms with Gasteiger partial charge in [-0.05, 0) is 18.2 Å². The molecule has 3 heteroatoms. The maximum Gasteiger partial charge on any atom is 0.0691 e. The molecule has 0 aliphatic carbocycles. The minimum absolute atomic E-state index is 0.112. The summed E-state index contributed by atoms with van der Waals surface area (Å²) >= 11 is 0. The number of aliphatic hydroxyl groups is 1. The molecule has 0 aliphatic heterocycles. The smallest absolute Gasteiger partial charge is 0.0691 e. The van der Waals surface area contributed by atoms with E-state index in [9.17, 15) is 0 Å². The average molecular weight is 200 g/mol. The lowest BCUT2D eigenvalue weighted by Gasteiger charge is -1.94. The van der Waals surface area contributed by atoms with Crippen LogP contribution in [0, 0.1) is 11.8 Å². The van der Waals surface area contributed by atoms with Gasteiger partial charge in [-0.2, -0.15) is 5.10 Å². The van der Waals surface area contributed by atoms with E-state index in [1.54, 1.807) is 0 Å². The number of hydrogen-bond acceptors (Lipinski definition) is 2. The van der Waals surface area contributed by atoms with E-state index in [0.29, 0.717) is 6.42 Å². The van der Waals surface area contributed by atoms with Crippen molar-refractivity contribution in [2.75, 3.05) is 6.61 Å². The van der Waals surface area contributed by atoms with Crippen molar-refractivity contribution in [2.45, 2.75) is 6.42 Å². The summed E-state index contributed by atoms with van der Waals surface area (Å²) in [5.74, 6) is 5.90. The van der Waals surface area contributed by atoms with E-state index in [1.807, 2.05) is 36.1 Å². The molecule has 0 unspecified atom stereocenters. The van der Waals surface area contributed by atoms with Crippen LogP contribution in [0.5, 0.6) is 0 Å². The summed E-state index contributed by atoms with van der Waals surface area (Å²) in [6.45, 7) is 0.112. The van der Waals surface area contributed by atoms with Crippen LogP contribution in [0.15, 0.2) is 24.4 Å². The van der Waals surface area contributed by atoms with Crippen molar-refractivity contribution in [1.82, 2.24) is 9.78 Å². The zero-order valence-corrected chi connectivity index (χ0v) is 8.57. The number of hydrogen-bond donors (Lipinski definition) is 1. The molecule has 0 fully saturated rings. The molecular weight excluding hydrogens is 188 g/mol. The zero-order chi connectivity index (χ0) is 10.7. The third kappa shape index (κ3) is 2.00. The van der Waals surface area contributed by atoms with E-state index < -0.39 is 0 Å². The lowest BCUT2D eigenvalue weighted by atomic mass is 10.1. The van der Waals surface area contributed by atoms with Crippen molar-refractivity contribution >= 4 is 10.9 Å². The van der Waals surface area contributed by atoms with Crippen LogP contribution in [0.2, 0.25) is 0 Å². The van der Waals surface area contributed by atoms with E-state index in [2.05, 4.69) is 16.9 Å². The zero-order valence-electron chi connectivity index (χ0n) is 8.57. The first-order valence-corrected chi connectivity index (χ1v) is 4.83. The fourth-order valence-electron chi connectivity index (χ4n) is 1.44. The van der Waals surface area contributed by atoms with Crippen LogP contribution < -0.4 is 0 Å². The fourth-order valence-corrected chi connectivity index (χ4v) is 1.44. The van der Waals surface area contributed by atoms with Crippen molar-refractivity contribution in [3.63, 3.8) is 0 Å². The Morgan fingerprint density at radius 2 is 2.33 bits per heavy atom. The molecule has 1 aromatic heterocycles. The number of fused-ring (bicyclic) bond motifs is 1. The third-order valence-electron chi connectivity index (χ3n) is 2.22. The molecule has 76 valence electrons. The fraction of sp³-hybridized carbons (Fsp3) is 0.250. The Balaban J connectivity index is 2.38. The lowest BCUT2D eigenvalue weighted by molar-refractivity contribution is 0.305. The topological polar surface area (TPSA) is 38.0 Å². The highest BCUT2D eigenvalue weighted by Gasteiger charge is 1.98. The number of nitrogens with zero attached hydrogens (tertiary/aromatic N) is 2. The highest BCUT2D eigenvalue weighted by Crippen LogP contribution is 2.13. The van der Waals surface area contributed by atoms with Gasteiger partial charge in [0.1, 0.15) is 0 Å². The van der Waals surface area contributed by atoms with Gasteiger partial charge in [-0.25, -0.2) is 0 Å². The molecular formula is C12H12N2O. The van der Waals surface area contributed by atoms with E-state index >= 15 is 0 Å². The Bertz CT molecular complexity index is 531. The maximum atomic E-state index is 8.61. The van der Waals surface area contributed by atoms with Crippen molar-refractivity contribution in [1.29, 1.82) is 0 Å². The van der Waals surface area contributed by atoms with E-state index in [0.717, 1.165) is 16.5 Å². The third-order valence-corrected chi connectivity index (χ3v) is 2.22. The Kier molecular flexibility index (Phi) is 2.70. The van der Waals surface area contributed by atoms with Crippen LogP contribution in [0.25, 0.3) is 10.9 Å². The largest absolute Gasteiger partial charge is 0.395 e. The van der Waals surface area contributed by atoms with Crippen LogP contribution in [0.3, 0.4) is 0 Å². The van der Waals surface area contributed by atoms with Gasteiger partial charge in [0.15, 0.2) is 0 Å². The summed E-state index contributed by atoms with van der Waals surface area (Å²) in [4.78, 5) is 0. The first-order chi connectivity index (χ1) is 7.31. The molecule has 3 nitrogen and oxygen atoms in total. The van der Waals surface area contributed by atoms with Gasteiger partial charge in [-0.3, -0.25) is 4.68 Å². The maximum absolute atomic E-state index is 8.61. The van der Waals surface area contributed by atoms with Gasteiger partial charge >= 0.3 is 0 Å². The molecule has 1 heterocycles. The molecule has 0 amide bonds. The molecule has 2 rings (SSSR count). The second-order valence-electron chi connectivity index (χ2n) is 3.32. The highest BCUT2D eigenvalue weighted by atomic mass is 16.2. The minimum Gasteiger partial charge on any atom is -0.395 e. The molecule has 0 spiro atoms. The summed E-state index contributed by atoms with van der Waals surface area (Å²) in [6.07, 6.45) is 2.35. The van der Waals surface area contributed by atoms with Crippen LogP contribution >= 0.6 is 0 Å². The lowest BCUT2D eigenvalue weighted by Crippen LogP contribution is -1.88. The second kappa shape index (κ2) is 4.16. The quantitative estimate of drug-likeness (QED) is 0.705. The number of aryl methyl sites for hydroxylation is 1. The Morgan fingerprint density at radius 3 is 3.13 bits per heavy atom. The molecule has 0 radical (unpaired) electrons. The summed E-state index contributed by atoms with van der Waals surface area (Å²) < 4.78 is 1.83. The molecule has 1 N–H and O–H groups in total. The monoisotopic (exact) mass is 200 g/mol. The van der Waals surface area contributed by atoms with Crippen LogP contribution in [0.4, 0.5) is 0 Å². The van der Waals surface area contributed by atoms with Crippen molar-refractivity contribution in [2.24, 2.45) is 7.05 Å².